The van der Waals surface area contributed by atoms with E-state index in [9.17, 15) is 5.11 Å². The van der Waals surface area contributed by atoms with Crippen LogP contribution in [0.5, 0.6) is 5.88 Å². The van der Waals surface area contributed by atoms with Crippen molar-refractivity contribution in [3.8, 4) is 5.88 Å². The van der Waals surface area contributed by atoms with Crippen LogP contribution in [0.15, 0.2) is 6.20 Å². The van der Waals surface area contributed by atoms with Gasteiger partial charge in [0.25, 0.3) is 0 Å². The molecule has 1 aromatic heterocycles. The summed E-state index contributed by atoms with van der Waals surface area (Å²) in [7, 11) is 2.08. The molecule has 2 heterocycles. The fourth-order valence-corrected chi connectivity index (χ4v) is 2.23. The number of hydrogen-bond acceptors (Lipinski definition) is 8. The number of aromatic nitrogens is 2. The van der Waals surface area contributed by atoms with Crippen molar-refractivity contribution in [1.82, 2.24) is 19.0 Å². The van der Waals surface area contributed by atoms with E-state index in [1.54, 1.807) is 0 Å². The highest BCUT2D eigenvalue weighted by Crippen LogP contribution is 2.05. The van der Waals surface area contributed by atoms with Crippen LogP contribution in [0.1, 0.15) is 0 Å². The van der Waals surface area contributed by atoms with Gasteiger partial charge in [0.15, 0.2) is 0 Å². The highest BCUT2D eigenvalue weighted by Gasteiger charge is 2.17. The quantitative estimate of drug-likeness (QED) is 0.680. The minimum atomic E-state index is -0.567. The van der Waals surface area contributed by atoms with Crippen LogP contribution >= 0.6 is 11.7 Å². The Balaban J connectivity index is 1.54. The summed E-state index contributed by atoms with van der Waals surface area (Å²) < 4.78 is 18.6. The summed E-state index contributed by atoms with van der Waals surface area (Å²) in [6.45, 7) is 4.09. The Morgan fingerprint density at radius 1 is 1.74 bits per heavy atom. The van der Waals surface area contributed by atoms with Crippen molar-refractivity contribution in [2.75, 3.05) is 46.4 Å². The van der Waals surface area contributed by atoms with Crippen LogP contribution in [0.2, 0.25) is 0 Å². The van der Waals surface area contributed by atoms with Gasteiger partial charge in [0.2, 0.25) is 5.88 Å². The Kier molecular flexibility index (Phi) is 5.93. The van der Waals surface area contributed by atoms with Gasteiger partial charge in [-0.3, -0.25) is 0 Å². The van der Waals surface area contributed by atoms with Crippen molar-refractivity contribution >= 4 is 11.7 Å². The predicted molar refractivity (Wildman–Crippen MR) is 71.5 cm³/mol. The van der Waals surface area contributed by atoms with Crippen molar-refractivity contribution in [1.29, 1.82) is 0 Å². The molecule has 8 heteroatoms. The number of ether oxygens (including phenoxy) is 2. The van der Waals surface area contributed by atoms with Crippen LogP contribution < -0.4 is 10.1 Å². The zero-order valence-electron chi connectivity index (χ0n) is 11.0. The van der Waals surface area contributed by atoms with Gasteiger partial charge in [-0.25, -0.2) is 0 Å². The average molecular weight is 288 g/mol. The van der Waals surface area contributed by atoms with Crippen molar-refractivity contribution < 1.29 is 14.6 Å². The first-order chi connectivity index (χ1) is 9.24. The van der Waals surface area contributed by atoms with Crippen LogP contribution in [0.3, 0.4) is 0 Å². The molecule has 0 saturated carbocycles. The molecule has 1 fully saturated rings. The van der Waals surface area contributed by atoms with E-state index in [-0.39, 0.29) is 12.7 Å². The van der Waals surface area contributed by atoms with E-state index in [0.717, 1.165) is 38.0 Å². The Bertz CT molecular complexity index is 352. The molecule has 0 spiro atoms. The molecule has 108 valence electrons. The SMILES string of the molecule is CN1CCOC(CNCC(O)COc2cnsn2)C1. The molecule has 1 aromatic rings. The maximum Gasteiger partial charge on any atom is 0.245 e. The van der Waals surface area contributed by atoms with Crippen LogP contribution in [0.4, 0.5) is 0 Å². The molecule has 0 aliphatic carbocycles. The van der Waals surface area contributed by atoms with Crippen molar-refractivity contribution in [3.63, 3.8) is 0 Å². The lowest BCUT2D eigenvalue weighted by Gasteiger charge is -2.30. The zero-order chi connectivity index (χ0) is 13.5. The molecule has 1 aliphatic heterocycles. The van der Waals surface area contributed by atoms with Gasteiger partial charge in [-0.05, 0) is 7.05 Å². The maximum atomic E-state index is 9.75. The summed E-state index contributed by atoms with van der Waals surface area (Å²) in [6, 6.07) is 0. The fraction of sp³-hybridized carbons (Fsp3) is 0.818. The molecule has 0 aromatic carbocycles. The van der Waals surface area contributed by atoms with E-state index in [1.165, 1.54) is 6.20 Å². The number of likely N-dealkylation sites (N-methyl/N-ethyl adjacent to an activating group) is 1. The Morgan fingerprint density at radius 3 is 3.37 bits per heavy atom. The van der Waals surface area contributed by atoms with Gasteiger partial charge in [-0.2, -0.15) is 4.37 Å². The summed E-state index contributed by atoms with van der Waals surface area (Å²) in [5, 5.41) is 12.9. The lowest BCUT2D eigenvalue weighted by molar-refractivity contribution is -0.0196. The molecule has 7 nitrogen and oxygen atoms in total. The topological polar surface area (TPSA) is 79.7 Å². The maximum absolute atomic E-state index is 9.75. The van der Waals surface area contributed by atoms with Crippen molar-refractivity contribution in [2.45, 2.75) is 12.2 Å². The molecular formula is C11H20N4O3S. The second kappa shape index (κ2) is 7.71. The number of nitrogens with one attached hydrogen (secondary N) is 1. The number of rotatable bonds is 7. The van der Waals surface area contributed by atoms with Crippen molar-refractivity contribution in [3.05, 3.63) is 6.20 Å². The smallest absolute Gasteiger partial charge is 0.245 e. The first-order valence-corrected chi connectivity index (χ1v) is 7.06. The third-order valence-electron chi connectivity index (χ3n) is 2.86. The normalized spacial score (nSPS) is 22.3. The largest absolute Gasteiger partial charge is 0.473 e. The number of hydrogen-bond donors (Lipinski definition) is 2. The summed E-state index contributed by atoms with van der Waals surface area (Å²) in [4.78, 5) is 2.24. The van der Waals surface area contributed by atoms with Gasteiger partial charge in [0, 0.05) is 26.2 Å². The van der Waals surface area contributed by atoms with E-state index in [4.69, 9.17) is 9.47 Å². The van der Waals surface area contributed by atoms with Gasteiger partial charge in [-0.1, -0.05) is 0 Å². The molecule has 0 amide bonds. The van der Waals surface area contributed by atoms with E-state index >= 15 is 0 Å². The molecule has 1 saturated heterocycles. The number of aliphatic hydroxyl groups is 1. The van der Waals surface area contributed by atoms with E-state index in [1.807, 2.05) is 0 Å². The van der Waals surface area contributed by atoms with Crippen LogP contribution in [-0.2, 0) is 4.74 Å². The Labute approximate surface area is 116 Å². The zero-order valence-corrected chi connectivity index (χ0v) is 11.8. The molecule has 2 N–H and O–H groups in total. The molecule has 1 aliphatic rings. The molecule has 0 bridgehead atoms. The second-order valence-corrected chi connectivity index (χ2v) is 5.18. The first kappa shape index (κ1) is 14.6. The summed E-state index contributed by atoms with van der Waals surface area (Å²) in [5.41, 5.74) is 0. The monoisotopic (exact) mass is 288 g/mol. The lowest BCUT2D eigenvalue weighted by Crippen LogP contribution is -2.46. The number of aliphatic hydroxyl groups excluding tert-OH is 1. The highest BCUT2D eigenvalue weighted by atomic mass is 32.1. The van der Waals surface area contributed by atoms with Crippen molar-refractivity contribution in [2.24, 2.45) is 0 Å². The highest BCUT2D eigenvalue weighted by molar-refractivity contribution is 6.99. The third kappa shape index (κ3) is 5.37. The molecule has 2 unspecified atom stereocenters. The van der Waals surface area contributed by atoms with E-state index < -0.39 is 6.10 Å². The van der Waals surface area contributed by atoms with Gasteiger partial charge in [0.05, 0.1) is 24.4 Å². The predicted octanol–water partition coefficient (Wildman–Crippen LogP) is -0.802. The first-order valence-electron chi connectivity index (χ1n) is 6.33. The lowest BCUT2D eigenvalue weighted by atomic mass is 10.2. The Morgan fingerprint density at radius 2 is 2.63 bits per heavy atom. The van der Waals surface area contributed by atoms with Gasteiger partial charge >= 0.3 is 0 Å². The summed E-state index contributed by atoms with van der Waals surface area (Å²) >= 11 is 1.08. The summed E-state index contributed by atoms with van der Waals surface area (Å²) in [5.74, 6) is 0.460. The Hall–Kier alpha value is -0.800. The standard InChI is InChI=1S/C11H20N4O3S/c1-15-2-3-17-10(7-15)5-12-4-9(16)8-18-11-6-13-19-14-11/h6,9-10,12,16H,2-5,7-8H2,1H3. The van der Waals surface area contributed by atoms with E-state index in [2.05, 4.69) is 26.0 Å². The van der Waals surface area contributed by atoms with Crippen LogP contribution in [0.25, 0.3) is 0 Å². The van der Waals surface area contributed by atoms with Gasteiger partial charge in [-0.15, -0.1) is 4.37 Å². The fourth-order valence-electron chi connectivity index (χ4n) is 1.86. The molecule has 19 heavy (non-hydrogen) atoms. The van der Waals surface area contributed by atoms with Crippen LogP contribution in [-0.4, -0.2) is 77.4 Å². The minimum Gasteiger partial charge on any atom is -0.473 e. The van der Waals surface area contributed by atoms with Crippen LogP contribution in [0, 0.1) is 0 Å². The summed E-state index contributed by atoms with van der Waals surface area (Å²) in [6.07, 6.45) is 1.16. The third-order valence-corrected chi connectivity index (χ3v) is 3.32. The minimum absolute atomic E-state index is 0.189. The number of nitrogens with zero attached hydrogens (tertiary/aromatic N) is 3. The molecular weight excluding hydrogens is 268 g/mol. The van der Waals surface area contributed by atoms with Gasteiger partial charge < -0.3 is 24.8 Å². The molecule has 2 rings (SSSR count). The van der Waals surface area contributed by atoms with E-state index in [0.29, 0.717) is 12.4 Å². The number of morpholine rings is 1. The second-order valence-electron chi connectivity index (χ2n) is 4.62. The average Bonchev–Trinajstić information content (AvgIpc) is 2.89. The van der Waals surface area contributed by atoms with Gasteiger partial charge in [0.1, 0.15) is 18.9 Å². The molecule has 0 radical (unpaired) electrons. The molecule has 2 atom stereocenters.